The molecule has 0 spiro atoms. The van der Waals surface area contributed by atoms with Gasteiger partial charge in [0.25, 0.3) is 0 Å². The van der Waals surface area contributed by atoms with Gasteiger partial charge in [-0.15, -0.1) is 11.3 Å². The predicted octanol–water partition coefficient (Wildman–Crippen LogP) is 8.12. The van der Waals surface area contributed by atoms with Crippen molar-refractivity contribution in [2.75, 3.05) is 5.32 Å². The Morgan fingerprint density at radius 3 is 2.30 bits per heavy atom. The second kappa shape index (κ2) is 6.73. The van der Waals surface area contributed by atoms with Crippen molar-refractivity contribution in [3.63, 3.8) is 0 Å². The van der Waals surface area contributed by atoms with Gasteiger partial charge >= 0.3 is 0 Å². The van der Waals surface area contributed by atoms with Crippen LogP contribution in [0, 0.1) is 0 Å². The molecule has 0 aliphatic heterocycles. The lowest BCUT2D eigenvalue weighted by Gasteiger charge is -2.12. The number of thiophene rings is 1. The lowest BCUT2D eigenvalue weighted by molar-refractivity contribution is 1.56. The van der Waals surface area contributed by atoms with E-state index in [1.807, 2.05) is 23.5 Å². The van der Waals surface area contributed by atoms with E-state index in [9.17, 15) is 0 Å². The Bertz CT molecular complexity index is 1260. The lowest BCUT2D eigenvalue weighted by Crippen LogP contribution is -1.92. The summed E-state index contributed by atoms with van der Waals surface area (Å²) in [6.45, 7) is 0. The van der Waals surface area contributed by atoms with Gasteiger partial charge < -0.3 is 5.32 Å². The van der Waals surface area contributed by atoms with Gasteiger partial charge in [-0.05, 0) is 35.4 Å². The average molecular weight is 386 g/mol. The van der Waals surface area contributed by atoms with E-state index in [4.69, 9.17) is 11.6 Å². The molecular formula is C24H16ClNS. The summed E-state index contributed by atoms with van der Waals surface area (Å²) in [7, 11) is 0. The van der Waals surface area contributed by atoms with Crippen LogP contribution in [-0.2, 0) is 0 Å². The topological polar surface area (TPSA) is 12.0 Å². The SMILES string of the molecule is Clc1ccc(-c2ccccc2)cc1Nc1cccc2c1sc1ccccc12. The first-order chi connectivity index (χ1) is 13.3. The summed E-state index contributed by atoms with van der Waals surface area (Å²) in [5.41, 5.74) is 4.33. The van der Waals surface area contributed by atoms with Gasteiger partial charge in [0.05, 0.1) is 21.1 Å². The van der Waals surface area contributed by atoms with Crippen molar-refractivity contribution >= 4 is 54.5 Å². The predicted molar refractivity (Wildman–Crippen MR) is 120 cm³/mol. The maximum Gasteiger partial charge on any atom is 0.0641 e. The third-order valence-electron chi connectivity index (χ3n) is 4.75. The van der Waals surface area contributed by atoms with E-state index in [0.29, 0.717) is 5.02 Å². The summed E-state index contributed by atoms with van der Waals surface area (Å²) < 4.78 is 2.55. The van der Waals surface area contributed by atoms with Crippen molar-refractivity contribution in [1.82, 2.24) is 0 Å². The zero-order valence-corrected chi connectivity index (χ0v) is 16.0. The van der Waals surface area contributed by atoms with Crippen LogP contribution in [0.15, 0.2) is 91.0 Å². The summed E-state index contributed by atoms with van der Waals surface area (Å²) in [6.07, 6.45) is 0. The summed E-state index contributed by atoms with van der Waals surface area (Å²) in [5, 5.41) is 6.85. The van der Waals surface area contributed by atoms with Crippen molar-refractivity contribution in [1.29, 1.82) is 0 Å². The highest BCUT2D eigenvalue weighted by Crippen LogP contribution is 2.40. The van der Waals surface area contributed by atoms with Crippen LogP contribution < -0.4 is 5.32 Å². The van der Waals surface area contributed by atoms with Gasteiger partial charge in [0.2, 0.25) is 0 Å². The summed E-state index contributed by atoms with van der Waals surface area (Å²) in [4.78, 5) is 0. The van der Waals surface area contributed by atoms with Gasteiger partial charge in [0.15, 0.2) is 0 Å². The van der Waals surface area contributed by atoms with E-state index in [0.717, 1.165) is 16.9 Å². The van der Waals surface area contributed by atoms with Gasteiger partial charge in [0.1, 0.15) is 0 Å². The van der Waals surface area contributed by atoms with Gasteiger partial charge in [-0.25, -0.2) is 0 Å². The van der Waals surface area contributed by atoms with Crippen molar-refractivity contribution in [3.05, 3.63) is 96.0 Å². The van der Waals surface area contributed by atoms with Crippen LogP contribution in [0.5, 0.6) is 0 Å². The van der Waals surface area contributed by atoms with Crippen molar-refractivity contribution in [2.24, 2.45) is 0 Å². The third kappa shape index (κ3) is 2.97. The molecule has 1 heterocycles. The highest BCUT2D eigenvalue weighted by molar-refractivity contribution is 7.26. The quantitative estimate of drug-likeness (QED) is 0.330. The fourth-order valence-electron chi connectivity index (χ4n) is 3.42. The van der Waals surface area contributed by atoms with E-state index < -0.39 is 0 Å². The molecule has 0 atom stereocenters. The fraction of sp³-hybridized carbons (Fsp3) is 0. The van der Waals surface area contributed by atoms with Crippen LogP contribution in [-0.4, -0.2) is 0 Å². The molecule has 27 heavy (non-hydrogen) atoms. The molecule has 5 aromatic rings. The van der Waals surface area contributed by atoms with E-state index >= 15 is 0 Å². The second-order valence-corrected chi connectivity index (χ2v) is 7.93. The Kier molecular flexibility index (Phi) is 4.08. The maximum absolute atomic E-state index is 6.50. The standard InChI is InChI=1S/C24H16ClNS/c25-20-14-13-17(16-7-2-1-3-8-16)15-22(20)26-21-11-6-10-19-18-9-4-5-12-23(18)27-24(19)21/h1-15,26H. The van der Waals surface area contributed by atoms with Crippen LogP contribution in [0.3, 0.4) is 0 Å². The monoisotopic (exact) mass is 385 g/mol. The number of halogens is 1. The first-order valence-electron chi connectivity index (χ1n) is 8.82. The van der Waals surface area contributed by atoms with Crippen LogP contribution in [0.4, 0.5) is 11.4 Å². The minimum atomic E-state index is 0.716. The van der Waals surface area contributed by atoms with Crippen LogP contribution in [0.25, 0.3) is 31.3 Å². The van der Waals surface area contributed by atoms with Crippen LogP contribution in [0.1, 0.15) is 0 Å². The van der Waals surface area contributed by atoms with Crippen molar-refractivity contribution in [2.45, 2.75) is 0 Å². The summed E-state index contributed by atoms with van der Waals surface area (Å²) >= 11 is 8.31. The zero-order chi connectivity index (χ0) is 18.2. The molecule has 0 saturated carbocycles. The number of nitrogens with one attached hydrogen (secondary N) is 1. The molecule has 3 heteroatoms. The van der Waals surface area contributed by atoms with Crippen molar-refractivity contribution in [3.8, 4) is 11.1 Å². The van der Waals surface area contributed by atoms with E-state index in [2.05, 4.69) is 84.2 Å². The minimum Gasteiger partial charge on any atom is -0.353 e. The molecule has 5 rings (SSSR count). The van der Waals surface area contributed by atoms with E-state index in [1.165, 1.54) is 25.7 Å². The van der Waals surface area contributed by atoms with Gasteiger partial charge in [0, 0.05) is 15.5 Å². The smallest absolute Gasteiger partial charge is 0.0641 e. The summed E-state index contributed by atoms with van der Waals surface area (Å²) in [6, 6.07) is 31.4. The highest BCUT2D eigenvalue weighted by atomic mass is 35.5. The van der Waals surface area contributed by atoms with Crippen molar-refractivity contribution < 1.29 is 0 Å². The lowest BCUT2D eigenvalue weighted by atomic mass is 10.1. The molecule has 0 saturated heterocycles. The van der Waals surface area contributed by atoms with Gasteiger partial charge in [-0.3, -0.25) is 0 Å². The molecule has 0 amide bonds. The Hall–Kier alpha value is -2.81. The summed E-state index contributed by atoms with van der Waals surface area (Å²) in [5.74, 6) is 0. The molecule has 0 bridgehead atoms. The molecular weight excluding hydrogens is 370 g/mol. The molecule has 0 unspecified atom stereocenters. The Morgan fingerprint density at radius 2 is 1.41 bits per heavy atom. The number of benzene rings is 4. The zero-order valence-electron chi connectivity index (χ0n) is 14.4. The maximum atomic E-state index is 6.50. The largest absolute Gasteiger partial charge is 0.353 e. The Labute approximate surface area is 166 Å². The molecule has 0 radical (unpaired) electrons. The fourth-order valence-corrected chi connectivity index (χ4v) is 4.76. The van der Waals surface area contributed by atoms with Crippen LogP contribution >= 0.6 is 22.9 Å². The Balaban J connectivity index is 1.61. The number of fused-ring (bicyclic) bond motifs is 3. The first-order valence-corrected chi connectivity index (χ1v) is 10.0. The second-order valence-electron chi connectivity index (χ2n) is 6.47. The van der Waals surface area contributed by atoms with Gasteiger partial charge in [-0.2, -0.15) is 0 Å². The van der Waals surface area contributed by atoms with Gasteiger partial charge in [-0.1, -0.05) is 78.3 Å². The third-order valence-corrected chi connectivity index (χ3v) is 6.30. The number of rotatable bonds is 3. The average Bonchev–Trinajstić information content (AvgIpc) is 3.10. The number of hydrogen-bond donors (Lipinski definition) is 1. The highest BCUT2D eigenvalue weighted by Gasteiger charge is 2.10. The Morgan fingerprint density at radius 1 is 0.630 bits per heavy atom. The first kappa shape index (κ1) is 16.4. The number of hydrogen-bond acceptors (Lipinski definition) is 2. The molecule has 1 aromatic heterocycles. The molecule has 0 aliphatic carbocycles. The number of anilines is 2. The van der Waals surface area contributed by atoms with E-state index in [-0.39, 0.29) is 0 Å². The minimum absolute atomic E-state index is 0.716. The molecule has 1 nitrogen and oxygen atoms in total. The normalized spacial score (nSPS) is 11.1. The molecule has 0 aliphatic rings. The van der Waals surface area contributed by atoms with E-state index in [1.54, 1.807) is 0 Å². The van der Waals surface area contributed by atoms with Crippen LogP contribution in [0.2, 0.25) is 5.02 Å². The molecule has 0 fully saturated rings. The molecule has 1 N–H and O–H groups in total. The molecule has 130 valence electrons. The molecule has 4 aromatic carbocycles.